The van der Waals surface area contributed by atoms with Crippen LogP contribution in [-0.2, 0) is 35.0 Å². The highest BCUT2D eigenvalue weighted by Gasteiger charge is 2.48. The number of fused-ring (bicyclic) bond motifs is 12. The fourth-order valence-corrected chi connectivity index (χ4v) is 16.8. The van der Waals surface area contributed by atoms with E-state index in [0.29, 0.717) is 37.9 Å². The van der Waals surface area contributed by atoms with Gasteiger partial charge in [0.2, 0.25) is 0 Å². The first-order chi connectivity index (χ1) is 39.0. The molecule has 6 nitrogen and oxygen atoms in total. The van der Waals surface area contributed by atoms with E-state index >= 15 is 0 Å². The Bertz CT molecular complexity index is 3790. The lowest BCUT2D eigenvalue weighted by Crippen LogP contribution is -2.65. The Balaban J connectivity index is 0.954. The van der Waals surface area contributed by atoms with Crippen LogP contribution < -0.4 is 10.4 Å². The molecule has 0 fully saturated rings. The van der Waals surface area contributed by atoms with Crippen LogP contribution in [0.5, 0.6) is 0 Å². The van der Waals surface area contributed by atoms with Crippen molar-refractivity contribution in [2.45, 2.75) is 26.2 Å². The SMILES string of the molecule is ClCC(CO[Si](OCC(CCl)(Cn1c2ccccc2c2ccccc21)Cn1c2ccccc2c2ccccc21)(c1ccccc1)c1ccccc1)(Cn1c2ccccc2c2ccccc21)Cn1c2ccccc2c2ccccc21. The number of rotatable bonds is 18. The monoisotopic (exact) mass is 1080 g/mol. The Morgan fingerprint density at radius 1 is 0.266 bits per heavy atom. The largest absolute Gasteiger partial charge is 0.407 e. The Morgan fingerprint density at radius 2 is 0.456 bits per heavy atom. The van der Waals surface area contributed by atoms with E-state index in [1.165, 1.54) is 43.1 Å². The summed E-state index contributed by atoms with van der Waals surface area (Å²) in [7, 11) is -3.79. The summed E-state index contributed by atoms with van der Waals surface area (Å²) in [6, 6.07) is 91.4. The first kappa shape index (κ1) is 49.4. The Labute approximate surface area is 470 Å². The molecule has 0 saturated carbocycles. The Hall–Kier alpha value is -7.88. The summed E-state index contributed by atoms with van der Waals surface area (Å²) < 4.78 is 26.2. The summed E-state index contributed by atoms with van der Waals surface area (Å²) in [6.45, 7) is 2.86. The van der Waals surface area contributed by atoms with Crippen LogP contribution in [0.2, 0.25) is 0 Å². The minimum Gasteiger partial charge on any atom is -0.387 e. The summed E-state index contributed by atoms with van der Waals surface area (Å²) in [5.74, 6) is 0.603. The zero-order valence-corrected chi connectivity index (χ0v) is 46.3. The van der Waals surface area contributed by atoms with Crippen molar-refractivity contribution in [3.63, 3.8) is 0 Å². The first-order valence-corrected chi connectivity index (χ1v) is 30.2. The maximum absolute atomic E-state index is 8.14. The van der Waals surface area contributed by atoms with Gasteiger partial charge < -0.3 is 27.1 Å². The number of para-hydroxylation sites is 8. The second kappa shape index (κ2) is 20.4. The Kier molecular flexibility index (Phi) is 12.8. The van der Waals surface area contributed by atoms with Gasteiger partial charge in [-0.1, -0.05) is 206 Å². The van der Waals surface area contributed by atoms with Crippen LogP contribution in [-0.4, -0.2) is 51.8 Å². The van der Waals surface area contributed by atoms with Crippen LogP contribution in [0.3, 0.4) is 0 Å². The lowest BCUT2D eigenvalue weighted by atomic mass is 9.90. The smallest absolute Gasteiger partial charge is 0.387 e. The highest BCUT2D eigenvalue weighted by molar-refractivity contribution is 6.92. The van der Waals surface area contributed by atoms with Gasteiger partial charge in [0.25, 0.3) is 0 Å². The molecule has 0 radical (unpaired) electrons. The molecular weight excluding hydrogens is 1030 g/mol. The molecular formula is C70H58Cl2N4O2Si. The highest BCUT2D eigenvalue weighted by Crippen LogP contribution is 2.41. The maximum atomic E-state index is 8.14. The van der Waals surface area contributed by atoms with E-state index in [1.54, 1.807) is 0 Å². The number of halogens is 2. The molecule has 10 aromatic carbocycles. The van der Waals surface area contributed by atoms with Crippen LogP contribution in [0.4, 0.5) is 0 Å². The van der Waals surface area contributed by atoms with E-state index < -0.39 is 19.4 Å². The third-order valence-corrected chi connectivity index (χ3v) is 21.2. The molecule has 0 saturated heterocycles. The standard InChI is InChI=1S/C70H58Cl2N4O2Si/c71-43-69(45-73-61-35-15-7-27-53(61)54-28-8-16-36-62(54)73,46-74-63-37-17-9-29-55(63)56-30-10-18-38-64(56)74)49-77-79(51-23-3-1-4-24-51,52-25-5-2-6-26-52)78-50-70(44-72,47-75-65-39-19-11-31-57(65)58-32-12-20-40-66(58)75)48-76-67-41-21-13-33-59(67)60-34-14-22-42-68(60)76/h1-42H,43-50H2. The molecule has 0 aliphatic rings. The van der Waals surface area contributed by atoms with Gasteiger partial charge in [0, 0.05) is 149 Å². The van der Waals surface area contributed by atoms with E-state index in [-0.39, 0.29) is 13.2 Å². The summed E-state index contributed by atoms with van der Waals surface area (Å²) in [5, 5.41) is 11.7. The van der Waals surface area contributed by atoms with Crippen molar-refractivity contribution in [1.82, 2.24) is 18.3 Å². The Morgan fingerprint density at radius 3 is 0.658 bits per heavy atom. The second-order valence-corrected chi connectivity index (χ2v) is 25.2. The van der Waals surface area contributed by atoms with Crippen molar-refractivity contribution >= 4 is 129 Å². The molecule has 0 atom stereocenters. The predicted molar refractivity (Wildman–Crippen MR) is 334 cm³/mol. The minimum atomic E-state index is -3.79. The second-order valence-electron chi connectivity index (χ2n) is 21.7. The van der Waals surface area contributed by atoms with Crippen LogP contribution in [0.15, 0.2) is 255 Å². The van der Waals surface area contributed by atoms with Gasteiger partial charge in [-0.3, -0.25) is 0 Å². The zero-order chi connectivity index (χ0) is 53.0. The van der Waals surface area contributed by atoms with Crippen molar-refractivity contribution in [2.75, 3.05) is 25.0 Å². The molecule has 0 aliphatic heterocycles. The van der Waals surface area contributed by atoms with Gasteiger partial charge in [0.15, 0.2) is 0 Å². The van der Waals surface area contributed by atoms with Crippen molar-refractivity contribution in [2.24, 2.45) is 10.8 Å². The zero-order valence-electron chi connectivity index (χ0n) is 43.8. The van der Waals surface area contributed by atoms with Gasteiger partial charge in [-0.05, 0) is 58.9 Å². The molecule has 9 heteroatoms. The van der Waals surface area contributed by atoms with Gasteiger partial charge in [0.05, 0.1) is 0 Å². The van der Waals surface area contributed by atoms with Gasteiger partial charge in [-0.25, -0.2) is 0 Å². The highest BCUT2D eigenvalue weighted by atomic mass is 35.5. The lowest BCUT2D eigenvalue weighted by Gasteiger charge is -2.41. The molecule has 0 N–H and O–H groups in total. The van der Waals surface area contributed by atoms with Crippen LogP contribution in [0.25, 0.3) is 87.2 Å². The normalized spacial score (nSPS) is 12.7. The van der Waals surface area contributed by atoms with Gasteiger partial charge in [0.1, 0.15) is 0 Å². The van der Waals surface area contributed by atoms with Crippen molar-refractivity contribution in [3.05, 3.63) is 255 Å². The van der Waals surface area contributed by atoms with Crippen molar-refractivity contribution in [3.8, 4) is 0 Å². The molecule has 0 unspecified atom stereocenters. The van der Waals surface area contributed by atoms with E-state index in [4.69, 9.17) is 32.1 Å². The third kappa shape index (κ3) is 8.46. The van der Waals surface area contributed by atoms with Gasteiger partial charge in [-0.2, -0.15) is 0 Å². The molecule has 79 heavy (non-hydrogen) atoms. The molecule has 4 aromatic heterocycles. The molecule has 0 amide bonds. The number of alkyl halides is 2. The van der Waals surface area contributed by atoms with E-state index in [2.05, 4.69) is 273 Å². The number of benzene rings is 10. The minimum absolute atomic E-state index is 0.280. The fourth-order valence-electron chi connectivity index (χ4n) is 12.9. The van der Waals surface area contributed by atoms with Crippen LogP contribution in [0.1, 0.15) is 0 Å². The number of aromatic nitrogens is 4. The molecule has 14 aromatic rings. The summed E-state index contributed by atoms with van der Waals surface area (Å²) >= 11 is 15.5. The molecule has 388 valence electrons. The quantitative estimate of drug-likeness (QED) is 0.0634. The van der Waals surface area contributed by atoms with E-state index in [1.807, 2.05) is 0 Å². The van der Waals surface area contributed by atoms with E-state index in [9.17, 15) is 0 Å². The van der Waals surface area contributed by atoms with Crippen LogP contribution >= 0.6 is 23.2 Å². The molecule has 0 spiro atoms. The molecule has 14 rings (SSSR count). The van der Waals surface area contributed by atoms with Crippen molar-refractivity contribution in [1.29, 1.82) is 0 Å². The summed E-state index contributed by atoms with van der Waals surface area (Å²) in [4.78, 5) is 0. The summed E-state index contributed by atoms with van der Waals surface area (Å²) in [5.41, 5.74) is 7.89. The van der Waals surface area contributed by atoms with Gasteiger partial charge >= 0.3 is 8.56 Å². The topological polar surface area (TPSA) is 38.2 Å². The number of hydrogen-bond acceptors (Lipinski definition) is 2. The lowest BCUT2D eigenvalue weighted by molar-refractivity contribution is 0.0640. The van der Waals surface area contributed by atoms with Gasteiger partial charge in [-0.15, -0.1) is 23.2 Å². The first-order valence-electron chi connectivity index (χ1n) is 27.3. The fraction of sp³-hybridized carbons (Fsp3) is 0.143. The predicted octanol–water partition coefficient (Wildman–Crippen LogP) is 16.0. The van der Waals surface area contributed by atoms with Crippen LogP contribution in [0, 0.1) is 10.8 Å². The number of nitrogens with zero attached hydrogens (tertiary/aromatic N) is 4. The summed E-state index contributed by atoms with van der Waals surface area (Å²) in [6.07, 6.45) is 0. The average Bonchev–Trinajstić information content (AvgIpc) is 4.34. The third-order valence-electron chi connectivity index (χ3n) is 16.7. The molecule has 0 aliphatic carbocycles. The van der Waals surface area contributed by atoms with E-state index in [0.717, 1.165) is 54.5 Å². The average molecular weight is 1090 g/mol. The molecule has 4 heterocycles. The maximum Gasteiger partial charge on any atom is 0.407 e. The molecule has 0 bridgehead atoms. The number of hydrogen-bond donors (Lipinski definition) is 0. The van der Waals surface area contributed by atoms with Crippen molar-refractivity contribution < 1.29 is 8.85 Å².